The summed E-state index contributed by atoms with van der Waals surface area (Å²) < 4.78 is 11.0. The fourth-order valence-corrected chi connectivity index (χ4v) is 3.17. The van der Waals surface area contributed by atoms with Gasteiger partial charge in [0.15, 0.2) is 16.6 Å². The zero-order valence-corrected chi connectivity index (χ0v) is 14.8. The molecule has 0 bridgehead atoms. The molecular formula is C18H16N4O3S. The Morgan fingerprint density at radius 1 is 1.12 bits per heavy atom. The van der Waals surface area contributed by atoms with Crippen LogP contribution < -0.4 is 20.1 Å². The number of carbonyl (C=O) groups is 1. The number of fused-ring (bicyclic) bond motifs is 1. The lowest BCUT2D eigenvalue weighted by Crippen LogP contribution is -2.16. The molecule has 2 N–H and O–H groups in total. The summed E-state index contributed by atoms with van der Waals surface area (Å²) in [5.41, 5.74) is 1.87. The maximum Gasteiger partial charge on any atom is 0.275 e. The van der Waals surface area contributed by atoms with Crippen molar-refractivity contribution in [2.75, 3.05) is 23.8 Å². The fraction of sp³-hybridized carbons (Fsp3) is 0.167. The third kappa shape index (κ3) is 3.60. The van der Waals surface area contributed by atoms with E-state index in [2.05, 4.69) is 20.6 Å². The number of aryl methyl sites for hydroxylation is 1. The van der Waals surface area contributed by atoms with Crippen LogP contribution in [0.4, 0.5) is 16.6 Å². The maximum atomic E-state index is 12.4. The third-order valence-corrected chi connectivity index (χ3v) is 4.42. The molecule has 0 radical (unpaired) electrons. The van der Waals surface area contributed by atoms with Crippen LogP contribution in [0, 0.1) is 6.92 Å². The molecule has 2 aromatic heterocycles. The third-order valence-electron chi connectivity index (χ3n) is 3.66. The van der Waals surface area contributed by atoms with Crippen LogP contribution in [-0.2, 0) is 0 Å². The quantitative estimate of drug-likeness (QED) is 0.732. The standard InChI is InChI=1S/C18H16N4O3S/c1-11-3-2-4-16(19-11)22-18-21-13(10-26-18)17(23)20-12-5-6-14-15(9-12)25-8-7-24-14/h2-6,9-10H,7-8H2,1H3,(H,20,23)(H,19,21,22). The minimum absolute atomic E-state index is 0.289. The highest BCUT2D eigenvalue weighted by atomic mass is 32.1. The second-order valence-electron chi connectivity index (χ2n) is 5.64. The SMILES string of the molecule is Cc1cccc(Nc2nc(C(=O)Nc3ccc4c(c3)OCCO4)cs2)n1. The molecule has 0 unspecified atom stereocenters. The monoisotopic (exact) mass is 368 g/mol. The summed E-state index contributed by atoms with van der Waals surface area (Å²) in [4.78, 5) is 21.1. The molecule has 7 nitrogen and oxygen atoms in total. The molecule has 0 aliphatic carbocycles. The number of hydrogen-bond acceptors (Lipinski definition) is 7. The number of aromatic nitrogens is 2. The highest BCUT2D eigenvalue weighted by Crippen LogP contribution is 2.32. The van der Waals surface area contributed by atoms with Gasteiger partial charge in [0.05, 0.1) is 0 Å². The number of anilines is 3. The normalized spacial score (nSPS) is 12.5. The average Bonchev–Trinajstić information content (AvgIpc) is 3.10. The average molecular weight is 368 g/mol. The van der Waals surface area contributed by atoms with Crippen LogP contribution in [0.2, 0.25) is 0 Å². The number of benzene rings is 1. The van der Waals surface area contributed by atoms with Gasteiger partial charge >= 0.3 is 0 Å². The molecule has 3 heterocycles. The Bertz CT molecular complexity index is 957. The Kier molecular flexibility index (Phi) is 4.40. The molecule has 4 rings (SSSR count). The van der Waals surface area contributed by atoms with Gasteiger partial charge in [0.25, 0.3) is 5.91 Å². The first-order valence-electron chi connectivity index (χ1n) is 8.04. The topological polar surface area (TPSA) is 85.4 Å². The van der Waals surface area contributed by atoms with Crippen LogP contribution >= 0.6 is 11.3 Å². The Morgan fingerprint density at radius 3 is 2.81 bits per heavy atom. The predicted octanol–water partition coefficient (Wildman–Crippen LogP) is 3.61. The lowest BCUT2D eigenvalue weighted by Gasteiger charge is -2.18. The van der Waals surface area contributed by atoms with E-state index in [9.17, 15) is 4.79 Å². The van der Waals surface area contributed by atoms with Gasteiger partial charge in [0, 0.05) is 22.8 Å². The molecule has 3 aromatic rings. The van der Waals surface area contributed by atoms with Gasteiger partial charge in [-0.15, -0.1) is 11.3 Å². The summed E-state index contributed by atoms with van der Waals surface area (Å²) in [6, 6.07) is 11.0. The number of ether oxygens (including phenoxy) is 2. The summed E-state index contributed by atoms with van der Waals surface area (Å²) >= 11 is 1.34. The molecule has 0 saturated heterocycles. The van der Waals surface area contributed by atoms with Gasteiger partial charge in [-0.3, -0.25) is 4.79 Å². The highest BCUT2D eigenvalue weighted by molar-refractivity contribution is 7.14. The van der Waals surface area contributed by atoms with Crippen molar-refractivity contribution >= 4 is 33.9 Å². The first-order chi connectivity index (χ1) is 12.7. The summed E-state index contributed by atoms with van der Waals surface area (Å²) in [5, 5.41) is 8.23. The Balaban J connectivity index is 1.45. The first-order valence-corrected chi connectivity index (χ1v) is 8.92. The molecular weight excluding hydrogens is 352 g/mol. The van der Waals surface area contributed by atoms with Gasteiger partial charge in [-0.1, -0.05) is 6.07 Å². The summed E-state index contributed by atoms with van der Waals surface area (Å²) in [5.74, 6) is 1.71. The number of nitrogens with one attached hydrogen (secondary N) is 2. The second kappa shape index (κ2) is 7.01. The van der Waals surface area contributed by atoms with Gasteiger partial charge in [-0.05, 0) is 31.2 Å². The molecule has 1 aliphatic heterocycles. The summed E-state index contributed by atoms with van der Waals surface area (Å²) in [7, 11) is 0. The number of pyridine rings is 1. The van der Waals surface area contributed by atoms with E-state index in [-0.39, 0.29) is 5.91 Å². The van der Waals surface area contributed by atoms with Crippen LogP contribution in [0.25, 0.3) is 0 Å². The molecule has 1 amide bonds. The van der Waals surface area contributed by atoms with Crippen LogP contribution in [0.1, 0.15) is 16.2 Å². The van der Waals surface area contributed by atoms with E-state index in [4.69, 9.17) is 9.47 Å². The first kappa shape index (κ1) is 16.3. The van der Waals surface area contributed by atoms with Crippen molar-refractivity contribution < 1.29 is 14.3 Å². The molecule has 0 saturated carbocycles. The van der Waals surface area contributed by atoms with Gasteiger partial charge in [0.1, 0.15) is 24.7 Å². The van der Waals surface area contributed by atoms with Crippen molar-refractivity contribution in [1.29, 1.82) is 0 Å². The van der Waals surface area contributed by atoms with Crippen molar-refractivity contribution in [3.8, 4) is 11.5 Å². The molecule has 0 atom stereocenters. The minimum Gasteiger partial charge on any atom is -0.486 e. The predicted molar refractivity (Wildman–Crippen MR) is 99.8 cm³/mol. The van der Waals surface area contributed by atoms with Crippen molar-refractivity contribution in [3.63, 3.8) is 0 Å². The number of hydrogen-bond donors (Lipinski definition) is 2. The van der Waals surface area contributed by atoms with Gasteiger partial charge in [-0.25, -0.2) is 9.97 Å². The van der Waals surface area contributed by atoms with E-state index in [1.165, 1.54) is 11.3 Å². The van der Waals surface area contributed by atoms with Crippen molar-refractivity contribution in [3.05, 3.63) is 53.2 Å². The van der Waals surface area contributed by atoms with Crippen LogP contribution in [-0.4, -0.2) is 29.1 Å². The minimum atomic E-state index is -0.289. The number of amides is 1. The van der Waals surface area contributed by atoms with Crippen LogP contribution in [0.3, 0.4) is 0 Å². The van der Waals surface area contributed by atoms with Crippen LogP contribution in [0.5, 0.6) is 11.5 Å². The molecule has 132 valence electrons. The molecule has 8 heteroatoms. The van der Waals surface area contributed by atoms with Crippen molar-refractivity contribution in [1.82, 2.24) is 9.97 Å². The zero-order valence-electron chi connectivity index (χ0n) is 14.0. The van der Waals surface area contributed by atoms with Crippen LogP contribution in [0.15, 0.2) is 41.8 Å². The summed E-state index contributed by atoms with van der Waals surface area (Å²) in [6.07, 6.45) is 0. The van der Waals surface area contributed by atoms with Gasteiger partial charge < -0.3 is 20.1 Å². The number of rotatable bonds is 4. The second-order valence-corrected chi connectivity index (χ2v) is 6.50. The fourth-order valence-electron chi connectivity index (χ4n) is 2.47. The van der Waals surface area contributed by atoms with E-state index in [0.717, 1.165) is 5.69 Å². The number of carbonyl (C=O) groups excluding carboxylic acids is 1. The van der Waals surface area contributed by atoms with E-state index >= 15 is 0 Å². The van der Waals surface area contributed by atoms with Gasteiger partial charge in [-0.2, -0.15) is 0 Å². The number of thiazole rings is 1. The van der Waals surface area contributed by atoms with Gasteiger partial charge in [0.2, 0.25) is 0 Å². The smallest absolute Gasteiger partial charge is 0.275 e. The Labute approximate surface area is 154 Å². The van der Waals surface area contributed by atoms with Crippen molar-refractivity contribution in [2.45, 2.75) is 6.92 Å². The number of nitrogens with zero attached hydrogens (tertiary/aromatic N) is 2. The lowest BCUT2D eigenvalue weighted by molar-refractivity contribution is 0.102. The van der Waals surface area contributed by atoms with E-state index in [1.54, 1.807) is 23.6 Å². The molecule has 0 spiro atoms. The van der Waals surface area contributed by atoms with E-state index < -0.39 is 0 Å². The van der Waals surface area contributed by atoms with E-state index in [1.807, 2.05) is 25.1 Å². The zero-order chi connectivity index (χ0) is 17.9. The Hall–Kier alpha value is -3.13. The largest absolute Gasteiger partial charge is 0.486 e. The molecule has 1 aliphatic rings. The maximum absolute atomic E-state index is 12.4. The van der Waals surface area contributed by atoms with E-state index in [0.29, 0.717) is 47.0 Å². The molecule has 0 fully saturated rings. The summed E-state index contributed by atoms with van der Waals surface area (Å²) in [6.45, 7) is 2.95. The molecule has 1 aromatic carbocycles. The highest BCUT2D eigenvalue weighted by Gasteiger charge is 2.15. The lowest BCUT2D eigenvalue weighted by atomic mass is 10.2. The van der Waals surface area contributed by atoms with Crippen molar-refractivity contribution in [2.24, 2.45) is 0 Å². The Morgan fingerprint density at radius 2 is 1.96 bits per heavy atom. The molecule has 26 heavy (non-hydrogen) atoms.